The number of hydrogen-bond donors (Lipinski definition) is 1. The Labute approximate surface area is 175 Å². The van der Waals surface area contributed by atoms with Crippen LogP contribution in [-0.2, 0) is 13.2 Å². The largest absolute Gasteiger partial charge is 0.487 e. The van der Waals surface area contributed by atoms with E-state index in [0.29, 0.717) is 33.9 Å². The van der Waals surface area contributed by atoms with Gasteiger partial charge in [-0.3, -0.25) is 0 Å². The van der Waals surface area contributed by atoms with Crippen molar-refractivity contribution in [2.24, 2.45) is 0 Å². The third kappa shape index (κ3) is 5.23. The smallest absolute Gasteiger partial charge is 0.138 e. The summed E-state index contributed by atoms with van der Waals surface area (Å²) in [6.45, 7) is 3.12. The molecule has 0 atom stereocenters. The molecule has 0 aliphatic heterocycles. The molecular weight excluding hydrogens is 397 g/mol. The maximum absolute atomic E-state index is 6.38. The quantitative estimate of drug-likeness (QED) is 0.474. The van der Waals surface area contributed by atoms with Crippen LogP contribution >= 0.6 is 35.4 Å². The van der Waals surface area contributed by atoms with Gasteiger partial charge in [-0.2, -0.15) is 0 Å². The molecule has 27 heavy (non-hydrogen) atoms. The highest BCUT2D eigenvalue weighted by atomic mass is 35.5. The number of thiocarbonyl (C=S) groups is 1. The van der Waals surface area contributed by atoms with E-state index in [-0.39, 0.29) is 0 Å². The standard InChI is InChI=1S/C22H19Cl2NOS/c1-15-6-2-3-7-17(15)13-25-22(27)16-10-11-21(20(24)12-16)26-14-18-8-4-5-9-19(18)23/h2-12H,13-14H2,1H3,(H,25,27). The molecule has 0 radical (unpaired) electrons. The second-order valence-corrected chi connectivity index (χ2v) is 7.36. The average molecular weight is 416 g/mol. The Morgan fingerprint density at radius 2 is 1.63 bits per heavy atom. The molecule has 0 amide bonds. The topological polar surface area (TPSA) is 21.3 Å². The number of aryl methyl sites for hydroxylation is 1. The summed E-state index contributed by atoms with van der Waals surface area (Å²) in [6.07, 6.45) is 0. The Morgan fingerprint density at radius 3 is 2.33 bits per heavy atom. The first-order valence-corrected chi connectivity index (χ1v) is 9.69. The molecule has 3 aromatic carbocycles. The van der Waals surface area contributed by atoms with Crippen LogP contribution in [0, 0.1) is 6.92 Å². The van der Waals surface area contributed by atoms with E-state index >= 15 is 0 Å². The maximum atomic E-state index is 6.38. The van der Waals surface area contributed by atoms with Crippen molar-refractivity contribution in [1.29, 1.82) is 0 Å². The van der Waals surface area contributed by atoms with E-state index in [0.717, 1.165) is 11.1 Å². The van der Waals surface area contributed by atoms with Gasteiger partial charge in [0.25, 0.3) is 0 Å². The molecule has 0 saturated carbocycles. The highest BCUT2D eigenvalue weighted by Gasteiger charge is 2.08. The summed E-state index contributed by atoms with van der Waals surface area (Å²) < 4.78 is 5.80. The van der Waals surface area contributed by atoms with Crippen molar-refractivity contribution in [1.82, 2.24) is 5.32 Å². The first-order valence-electron chi connectivity index (χ1n) is 8.53. The zero-order chi connectivity index (χ0) is 19.2. The van der Waals surface area contributed by atoms with Gasteiger partial charge < -0.3 is 10.1 Å². The Kier molecular flexibility index (Phi) is 6.73. The first-order chi connectivity index (χ1) is 13.0. The highest BCUT2D eigenvalue weighted by Crippen LogP contribution is 2.27. The van der Waals surface area contributed by atoms with Crippen molar-refractivity contribution in [3.05, 3.63) is 99.0 Å². The fourth-order valence-electron chi connectivity index (χ4n) is 2.62. The molecule has 0 saturated heterocycles. The third-order valence-electron chi connectivity index (χ3n) is 4.24. The predicted molar refractivity (Wildman–Crippen MR) is 117 cm³/mol. The third-order valence-corrected chi connectivity index (χ3v) is 5.28. The lowest BCUT2D eigenvalue weighted by Gasteiger charge is -2.13. The minimum absolute atomic E-state index is 0.356. The Morgan fingerprint density at radius 1 is 0.926 bits per heavy atom. The summed E-state index contributed by atoms with van der Waals surface area (Å²) in [5, 5.41) is 4.47. The lowest BCUT2D eigenvalue weighted by molar-refractivity contribution is 0.306. The predicted octanol–water partition coefficient (Wildman–Crippen LogP) is 6.35. The molecule has 3 rings (SSSR count). The maximum Gasteiger partial charge on any atom is 0.138 e. The van der Waals surface area contributed by atoms with Crippen LogP contribution in [0.5, 0.6) is 5.75 Å². The summed E-state index contributed by atoms with van der Waals surface area (Å²) in [4.78, 5) is 0.651. The van der Waals surface area contributed by atoms with E-state index in [1.807, 2.05) is 54.6 Å². The average Bonchev–Trinajstić information content (AvgIpc) is 2.67. The number of hydrogen-bond acceptors (Lipinski definition) is 2. The van der Waals surface area contributed by atoms with Gasteiger partial charge in [0.15, 0.2) is 0 Å². The molecule has 0 fully saturated rings. The van der Waals surface area contributed by atoms with Crippen LogP contribution in [0.25, 0.3) is 0 Å². The fraction of sp³-hybridized carbons (Fsp3) is 0.136. The number of benzene rings is 3. The zero-order valence-corrected chi connectivity index (χ0v) is 17.2. The summed E-state index contributed by atoms with van der Waals surface area (Å²) in [7, 11) is 0. The van der Waals surface area contributed by atoms with Crippen LogP contribution in [0.4, 0.5) is 0 Å². The molecule has 5 heteroatoms. The zero-order valence-electron chi connectivity index (χ0n) is 14.8. The van der Waals surface area contributed by atoms with Crippen molar-refractivity contribution in [3.63, 3.8) is 0 Å². The molecule has 0 unspecified atom stereocenters. The summed E-state index contributed by atoms with van der Waals surface area (Å²) in [6, 6.07) is 21.3. The van der Waals surface area contributed by atoms with Crippen molar-refractivity contribution in [2.75, 3.05) is 0 Å². The van der Waals surface area contributed by atoms with Crippen LogP contribution in [0.3, 0.4) is 0 Å². The van der Waals surface area contributed by atoms with Crippen LogP contribution in [0.1, 0.15) is 22.3 Å². The molecule has 0 spiro atoms. The molecule has 1 N–H and O–H groups in total. The van der Waals surface area contributed by atoms with Gasteiger partial charge in [-0.1, -0.05) is 77.9 Å². The molecule has 0 heterocycles. The van der Waals surface area contributed by atoms with E-state index in [9.17, 15) is 0 Å². The lowest BCUT2D eigenvalue weighted by atomic mass is 10.1. The lowest BCUT2D eigenvalue weighted by Crippen LogP contribution is -2.22. The van der Waals surface area contributed by atoms with Gasteiger partial charge in [-0.25, -0.2) is 0 Å². The summed E-state index contributed by atoms with van der Waals surface area (Å²) in [5.74, 6) is 0.599. The number of rotatable bonds is 6. The number of ether oxygens (including phenoxy) is 1. The molecule has 0 bridgehead atoms. The second kappa shape index (κ2) is 9.23. The highest BCUT2D eigenvalue weighted by molar-refractivity contribution is 7.80. The van der Waals surface area contributed by atoms with E-state index in [2.05, 4.69) is 24.4 Å². The molecule has 0 aliphatic carbocycles. The monoisotopic (exact) mass is 415 g/mol. The van der Waals surface area contributed by atoms with Gasteiger partial charge >= 0.3 is 0 Å². The normalized spacial score (nSPS) is 10.5. The number of halogens is 2. The van der Waals surface area contributed by atoms with Crippen LogP contribution in [-0.4, -0.2) is 4.99 Å². The minimum Gasteiger partial charge on any atom is -0.487 e. The Balaban J connectivity index is 1.62. The summed E-state index contributed by atoms with van der Waals surface area (Å²) >= 11 is 18.0. The van der Waals surface area contributed by atoms with Crippen molar-refractivity contribution in [3.8, 4) is 5.75 Å². The fourth-order valence-corrected chi connectivity index (χ4v) is 3.24. The van der Waals surface area contributed by atoms with Gasteiger partial charge in [0.05, 0.1) is 5.02 Å². The van der Waals surface area contributed by atoms with Crippen LogP contribution < -0.4 is 10.1 Å². The minimum atomic E-state index is 0.356. The van der Waals surface area contributed by atoms with Gasteiger partial charge in [0, 0.05) is 22.7 Å². The van der Waals surface area contributed by atoms with Crippen LogP contribution in [0.15, 0.2) is 66.7 Å². The van der Waals surface area contributed by atoms with Crippen molar-refractivity contribution < 1.29 is 4.74 Å². The Hall–Kier alpha value is -2.07. The Bertz CT molecular complexity index is 959. The van der Waals surface area contributed by atoms with E-state index in [4.69, 9.17) is 40.2 Å². The molecule has 0 aliphatic rings. The molecule has 3 aromatic rings. The molecule has 0 aromatic heterocycles. The van der Waals surface area contributed by atoms with Gasteiger partial charge in [0.1, 0.15) is 17.3 Å². The first kappa shape index (κ1) is 19.7. The SMILES string of the molecule is Cc1ccccc1CNC(=S)c1ccc(OCc2ccccc2Cl)c(Cl)c1. The van der Waals surface area contributed by atoms with Crippen molar-refractivity contribution in [2.45, 2.75) is 20.1 Å². The van der Waals surface area contributed by atoms with Crippen LogP contribution in [0.2, 0.25) is 10.0 Å². The molecule has 2 nitrogen and oxygen atoms in total. The summed E-state index contributed by atoms with van der Waals surface area (Å²) in [5.41, 5.74) is 4.21. The second-order valence-electron chi connectivity index (χ2n) is 6.13. The van der Waals surface area contributed by atoms with E-state index in [1.54, 1.807) is 0 Å². The van der Waals surface area contributed by atoms with Gasteiger partial charge in [0.2, 0.25) is 0 Å². The number of nitrogens with one attached hydrogen (secondary N) is 1. The van der Waals surface area contributed by atoms with E-state index < -0.39 is 0 Å². The van der Waals surface area contributed by atoms with Gasteiger partial charge in [-0.05, 0) is 42.3 Å². The van der Waals surface area contributed by atoms with Crippen molar-refractivity contribution >= 4 is 40.4 Å². The van der Waals surface area contributed by atoms with Gasteiger partial charge in [-0.15, -0.1) is 0 Å². The molecular formula is C22H19Cl2NOS. The van der Waals surface area contributed by atoms with E-state index in [1.165, 1.54) is 11.1 Å². The molecule has 138 valence electrons.